The van der Waals surface area contributed by atoms with Crippen LogP contribution in [0.25, 0.3) is 0 Å². The summed E-state index contributed by atoms with van der Waals surface area (Å²) in [5.74, 6) is 2.05. The Bertz CT molecular complexity index is 1290. The highest BCUT2D eigenvalue weighted by Gasteiger charge is 2.36. The van der Waals surface area contributed by atoms with E-state index in [9.17, 15) is 4.79 Å². The van der Waals surface area contributed by atoms with E-state index in [1.54, 1.807) is 7.11 Å². The number of piperidine rings is 1. The van der Waals surface area contributed by atoms with Gasteiger partial charge in [-0.05, 0) is 111 Å². The fourth-order valence-corrected chi connectivity index (χ4v) is 5.88. The van der Waals surface area contributed by atoms with E-state index in [1.807, 2.05) is 55.1 Å². The summed E-state index contributed by atoms with van der Waals surface area (Å²) in [6.45, 7) is 7.21. The lowest BCUT2D eigenvalue weighted by Gasteiger charge is -2.38. The number of carbonyl (C=O) groups excluding carboxylic acids is 1. The quantitative estimate of drug-likeness (QED) is 0.361. The van der Waals surface area contributed by atoms with Crippen molar-refractivity contribution in [2.24, 2.45) is 5.92 Å². The number of hydrogen-bond acceptors (Lipinski definition) is 5. The van der Waals surface area contributed by atoms with Gasteiger partial charge in [-0.15, -0.1) is 0 Å². The van der Waals surface area contributed by atoms with Crippen molar-refractivity contribution < 1.29 is 14.3 Å². The number of hydrogen-bond donors (Lipinski definition) is 1. The second kappa shape index (κ2) is 11.9. The maximum atomic E-state index is 13.8. The molecule has 5 rings (SSSR count). The molecule has 0 spiro atoms. The molecule has 0 aromatic heterocycles. The fourth-order valence-electron chi connectivity index (χ4n) is 5.75. The summed E-state index contributed by atoms with van der Waals surface area (Å²) in [5, 5.41) is 4.10. The Kier molecular flexibility index (Phi) is 8.34. The number of methoxy groups -OCH3 is 1. The third-order valence-electron chi connectivity index (χ3n) is 7.70. The van der Waals surface area contributed by atoms with Crippen molar-refractivity contribution in [2.75, 3.05) is 43.6 Å². The Morgan fingerprint density at radius 1 is 1.03 bits per heavy atom. The van der Waals surface area contributed by atoms with Crippen molar-refractivity contribution in [3.8, 4) is 11.5 Å². The Hall–Kier alpha value is -3.22. The molecule has 1 amide bonds. The van der Waals surface area contributed by atoms with Crippen LogP contribution in [-0.4, -0.2) is 45.8 Å². The first-order valence-corrected chi connectivity index (χ1v) is 14.2. The molecule has 1 unspecified atom stereocenters. The summed E-state index contributed by atoms with van der Waals surface area (Å²) in [5.41, 5.74) is 4.98. The third-order valence-corrected chi connectivity index (χ3v) is 7.95. The van der Waals surface area contributed by atoms with Crippen molar-refractivity contribution in [1.29, 1.82) is 0 Å². The molecule has 2 aliphatic rings. The van der Waals surface area contributed by atoms with E-state index < -0.39 is 0 Å². The number of ether oxygens (including phenoxy) is 2. The molecule has 2 aliphatic heterocycles. The average Bonchev–Trinajstić information content (AvgIpc) is 2.93. The zero-order valence-electron chi connectivity index (χ0n) is 23.2. The summed E-state index contributed by atoms with van der Waals surface area (Å²) in [6.07, 6.45) is 2.69. The van der Waals surface area contributed by atoms with Gasteiger partial charge in [0.15, 0.2) is 11.5 Å². The number of benzene rings is 3. The summed E-state index contributed by atoms with van der Waals surface area (Å²) >= 11 is 6.25. The van der Waals surface area contributed by atoms with Crippen LogP contribution in [0.2, 0.25) is 5.02 Å². The summed E-state index contributed by atoms with van der Waals surface area (Å²) < 4.78 is 11.7. The second-order valence-corrected chi connectivity index (χ2v) is 11.3. The van der Waals surface area contributed by atoms with Crippen LogP contribution in [0.3, 0.4) is 0 Å². The molecule has 1 saturated heterocycles. The summed E-state index contributed by atoms with van der Waals surface area (Å²) in [4.78, 5) is 18.0. The van der Waals surface area contributed by atoms with Gasteiger partial charge in [-0.25, -0.2) is 0 Å². The number of nitrogens with zero attached hydrogens (tertiary/aromatic N) is 2. The van der Waals surface area contributed by atoms with Gasteiger partial charge in [-0.3, -0.25) is 4.79 Å². The van der Waals surface area contributed by atoms with E-state index in [-0.39, 0.29) is 24.5 Å². The van der Waals surface area contributed by atoms with Gasteiger partial charge in [0.1, 0.15) is 0 Å². The molecule has 1 atom stereocenters. The average molecular weight is 548 g/mol. The van der Waals surface area contributed by atoms with Gasteiger partial charge in [0.25, 0.3) is 0 Å². The fraction of sp³-hybridized carbons (Fsp3) is 0.406. The minimum Gasteiger partial charge on any atom is -0.493 e. The second-order valence-electron chi connectivity index (χ2n) is 10.9. The van der Waals surface area contributed by atoms with Crippen LogP contribution < -0.4 is 24.6 Å². The number of nitrogens with one attached hydrogen (secondary N) is 1. The van der Waals surface area contributed by atoms with E-state index in [1.165, 1.54) is 12.8 Å². The maximum Gasteiger partial charge on any atom is 0.232 e. The van der Waals surface area contributed by atoms with E-state index in [0.29, 0.717) is 22.4 Å². The van der Waals surface area contributed by atoms with Gasteiger partial charge in [0, 0.05) is 30.0 Å². The van der Waals surface area contributed by atoms with Crippen LogP contribution in [0.15, 0.2) is 60.7 Å². The van der Waals surface area contributed by atoms with Crippen LogP contribution in [0, 0.1) is 5.92 Å². The van der Waals surface area contributed by atoms with Crippen LogP contribution in [-0.2, 0) is 11.2 Å². The van der Waals surface area contributed by atoms with Crippen molar-refractivity contribution >= 4 is 28.9 Å². The predicted molar refractivity (Wildman–Crippen MR) is 159 cm³/mol. The number of fused-ring (bicyclic) bond motifs is 1. The van der Waals surface area contributed by atoms with Crippen molar-refractivity contribution in [3.05, 3.63) is 82.4 Å². The van der Waals surface area contributed by atoms with E-state index in [4.69, 9.17) is 21.1 Å². The van der Waals surface area contributed by atoms with Crippen LogP contribution in [0.5, 0.6) is 11.5 Å². The number of halogens is 1. The topological polar surface area (TPSA) is 54.0 Å². The van der Waals surface area contributed by atoms with Crippen molar-refractivity contribution in [3.63, 3.8) is 0 Å². The highest BCUT2D eigenvalue weighted by molar-refractivity contribution is 6.30. The first-order chi connectivity index (χ1) is 18.8. The molecule has 2 heterocycles. The molecular formula is C32H38ClN3O3. The molecule has 0 bridgehead atoms. The molecule has 0 saturated carbocycles. The van der Waals surface area contributed by atoms with Gasteiger partial charge in [0.05, 0.1) is 25.7 Å². The van der Waals surface area contributed by atoms with Crippen LogP contribution >= 0.6 is 11.6 Å². The Morgan fingerprint density at radius 3 is 2.36 bits per heavy atom. The predicted octanol–water partition coefficient (Wildman–Crippen LogP) is 6.25. The zero-order chi connectivity index (χ0) is 27.5. The van der Waals surface area contributed by atoms with Gasteiger partial charge < -0.3 is 24.6 Å². The Balaban J connectivity index is 1.51. The number of rotatable bonds is 8. The van der Waals surface area contributed by atoms with Crippen molar-refractivity contribution in [1.82, 2.24) is 5.32 Å². The number of amides is 1. The third kappa shape index (κ3) is 6.02. The molecule has 3 aromatic rings. The molecule has 0 radical (unpaired) electrons. The first-order valence-electron chi connectivity index (χ1n) is 13.8. The standard InChI is InChI=1S/C32H38ClN3O3/c1-21(2)39-30-19-28-24(17-29(30)38-4)18-31(37)36(32(28)23-5-7-25(33)8-6-23)27-11-9-26(10-12-27)35(3)20-22-13-15-34-16-14-22/h5-12,17,19,21-22,32,34H,13-16,18,20H2,1-4H3. The van der Waals surface area contributed by atoms with Crippen LogP contribution in [0.4, 0.5) is 11.4 Å². The molecule has 206 valence electrons. The minimum absolute atomic E-state index is 0.0123. The normalized spacial score (nSPS) is 17.7. The number of carbonyl (C=O) groups is 1. The van der Waals surface area contributed by atoms with E-state index >= 15 is 0 Å². The lowest BCUT2D eigenvalue weighted by molar-refractivity contribution is -0.118. The molecule has 39 heavy (non-hydrogen) atoms. The van der Waals surface area contributed by atoms with Crippen LogP contribution in [0.1, 0.15) is 49.4 Å². The van der Waals surface area contributed by atoms with Gasteiger partial charge in [-0.1, -0.05) is 23.7 Å². The SMILES string of the molecule is COc1cc2c(cc1OC(C)C)C(c1ccc(Cl)cc1)N(c1ccc(N(C)CC3CCNCC3)cc1)C(=O)C2. The van der Waals surface area contributed by atoms with Gasteiger partial charge >= 0.3 is 0 Å². The molecular weight excluding hydrogens is 510 g/mol. The monoisotopic (exact) mass is 547 g/mol. The highest BCUT2D eigenvalue weighted by Crippen LogP contribution is 2.44. The lowest BCUT2D eigenvalue weighted by Crippen LogP contribution is -2.41. The molecule has 6 nitrogen and oxygen atoms in total. The molecule has 1 fully saturated rings. The van der Waals surface area contributed by atoms with Gasteiger partial charge in [-0.2, -0.15) is 0 Å². The largest absolute Gasteiger partial charge is 0.493 e. The molecule has 0 aliphatic carbocycles. The first kappa shape index (κ1) is 27.4. The zero-order valence-corrected chi connectivity index (χ0v) is 24.0. The summed E-state index contributed by atoms with van der Waals surface area (Å²) in [7, 11) is 3.78. The lowest BCUT2D eigenvalue weighted by atomic mass is 9.86. The van der Waals surface area contributed by atoms with Crippen molar-refractivity contribution in [2.45, 2.75) is 45.3 Å². The number of anilines is 2. The highest BCUT2D eigenvalue weighted by atomic mass is 35.5. The Morgan fingerprint density at radius 2 is 1.72 bits per heavy atom. The smallest absolute Gasteiger partial charge is 0.232 e. The Labute approximate surface area is 236 Å². The van der Waals surface area contributed by atoms with E-state index in [2.05, 4.69) is 41.5 Å². The maximum absolute atomic E-state index is 13.8. The molecule has 7 heteroatoms. The van der Waals surface area contributed by atoms with E-state index in [0.717, 1.165) is 47.7 Å². The van der Waals surface area contributed by atoms with Gasteiger partial charge in [0.2, 0.25) is 5.91 Å². The molecule has 3 aromatic carbocycles. The summed E-state index contributed by atoms with van der Waals surface area (Å²) in [6, 6.07) is 19.8. The molecule has 1 N–H and O–H groups in total. The minimum atomic E-state index is -0.322.